The minimum atomic E-state index is -1.05. The standard InChI is InChI=1S/C14H17NO5/c1-8(2)12(14(17)18)15-13(16)9-3-4-10-11(7-9)20-6-5-19-10/h3-4,7-8,12H,5-6H2,1-2H3,(H,15,16)(H,17,18). The van der Waals surface area contributed by atoms with Crippen LogP contribution in [0.2, 0.25) is 0 Å². The predicted molar refractivity (Wildman–Crippen MR) is 71.2 cm³/mol. The van der Waals surface area contributed by atoms with Crippen LogP contribution in [0.4, 0.5) is 0 Å². The molecule has 0 fully saturated rings. The third-order valence-corrected chi connectivity index (χ3v) is 3.02. The Morgan fingerprint density at radius 2 is 1.85 bits per heavy atom. The van der Waals surface area contributed by atoms with E-state index in [0.29, 0.717) is 30.3 Å². The molecule has 2 rings (SSSR count). The first kappa shape index (κ1) is 14.2. The van der Waals surface area contributed by atoms with Crippen molar-refractivity contribution in [3.05, 3.63) is 23.8 Å². The second kappa shape index (κ2) is 5.81. The lowest BCUT2D eigenvalue weighted by atomic mass is 10.0. The van der Waals surface area contributed by atoms with Crippen LogP contribution in [-0.4, -0.2) is 36.2 Å². The van der Waals surface area contributed by atoms with Crippen molar-refractivity contribution in [2.45, 2.75) is 19.9 Å². The van der Waals surface area contributed by atoms with Crippen molar-refractivity contribution in [1.29, 1.82) is 0 Å². The van der Waals surface area contributed by atoms with Gasteiger partial charge in [-0.25, -0.2) is 4.79 Å². The van der Waals surface area contributed by atoms with Crippen LogP contribution in [0.5, 0.6) is 11.5 Å². The maximum atomic E-state index is 12.1. The van der Waals surface area contributed by atoms with Crippen LogP contribution in [0.3, 0.4) is 0 Å². The van der Waals surface area contributed by atoms with Gasteiger partial charge in [-0.2, -0.15) is 0 Å². The Kier molecular flexibility index (Phi) is 4.12. The van der Waals surface area contributed by atoms with E-state index in [0.717, 1.165) is 0 Å². The average molecular weight is 279 g/mol. The summed E-state index contributed by atoms with van der Waals surface area (Å²) < 4.78 is 10.8. The highest BCUT2D eigenvalue weighted by molar-refractivity contribution is 5.97. The number of hydrogen-bond acceptors (Lipinski definition) is 4. The molecule has 0 saturated carbocycles. The molecule has 6 heteroatoms. The topological polar surface area (TPSA) is 84.9 Å². The highest BCUT2D eigenvalue weighted by Crippen LogP contribution is 2.30. The van der Waals surface area contributed by atoms with Crippen molar-refractivity contribution >= 4 is 11.9 Å². The summed E-state index contributed by atoms with van der Waals surface area (Å²) in [6.45, 7) is 4.39. The first-order valence-electron chi connectivity index (χ1n) is 6.42. The SMILES string of the molecule is CC(C)C(NC(=O)c1ccc2c(c1)OCCO2)C(=O)O. The van der Waals surface area contributed by atoms with Crippen LogP contribution in [0, 0.1) is 5.92 Å². The molecule has 1 aliphatic rings. The fourth-order valence-electron chi connectivity index (χ4n) is 1.92. The second-order valence-corrected chi connectivity index (χ2v) is 4.89. The molecule has 20 heavy (non-hydrogen) atoms. The van der Waals surface area contributed by atoms with Crippen molar-refractivity contribution < 1.29 is 24.2 Å². The zero-order valence-electron chi connectivity index (χ0n) is 11.4. The summed E-state index contributed by atoms with van der Waals surface area (Å²) in [5, 5.41) is 11.6. The number of aliphatic carboxylic acids is 1. The maximum absolute atomic E-state index is 12.1. The van der Waals surface area contributed by atoms with Gasteiger partial charge in [-0.3, -0.25) is 4.79 Å². The number of carbonyl (C=O) groups excluding carboxylic acids is 1. The molecule has 2 N–H and O–H groups in total. The highest BCUT2D eigenvalue weighted by atomic mass is 16.6. The monoisotopic (exact) mass is 279 g/mol. The number of amides is 1. The normalized spacial score (nSPS) is 14.8. The molecule has 0 spiro atoms. The van der Waals surface area contributed by atoms with Gasteiger partial charge in [-0.1, -0.05) is 13.8 Å². The van der Waals surface area contributed by atoms with Crippen LogP contribution < -0.4 is 14.8 Å². The van der Waals surface area contributed by atoms with Gasteiger partial charge in [0, 0.05) is 5.56 Å². The molecule has 1 amide bonds. The Labute approximate surface area is 116 Å². The number of carbonyl (C=O) groups is 2. The van der Waals surface area contributed by atoms with Crippen molar-refractivity contribution in [3.8, 4) is 11.5 Å². The number of fused-ring (bicyclic) bond motifs is 1. The zero-order chi connectivity index (χ0) is 14.7. The van der Waals surface area contributed by atoms with Gasteiger partial charge in [0.15, 0.2) is 11.5 Å². The van der Waals surface area contributed by atoms with E-state index >= 15 is 0 Å². The summed E-state index contributed by atoms with van der Waals surface area (Å²) in [4.78, 5) is 23.2. The minimum Gasteiger partial charge on any atom is -0.486 e. The number of carboxylic acid groups (broad SMARTS) is 1. The zero-order valence-corrected chi connectivity index (χ0v) is 11.4. The number of benzene rings is 1. The Bertz CT molecular complexity index is 526. The van der Waals surface area contributed by atoms with E-state index in [2.05, 4.69) is 5.32 Å². The molecule has 108 valence electrons. The van der Waals surface area contributed by atoms with Crippen LogP contribution in [0.1, 0.15) is 24.2 Å². The quantitative estimate of drug-likeness (QED) is 0.867. The summed E-state index contributed by atoms with van der Waals surface area (Å²) in [5.41, 5.74) is 0.348. The van der Waals surface area contributed by atoms with E-state index in [4.69, 9.17) is 14.6 Å². The molecule has 0 aliphatic carbocycles. The predicted octanol–water partition coefficient (Wildman–Crippen LogP) is 1.30. The lowest BCUT2D eigenvalue weighted by molar-refractivity contribution is -0.140. The second-order valence-electron chi connectivity index (χ2n) is 4.89. The molecule has 0 bridgehead atoms. The van der Waals surface area contributed by atoms with Gasteiger partial charge < -0.3 is 19.9 Å². The van der Waals surface area contributed by atoms with Gasteiger partial charge in [0.1, 0.15) is 19.3 Å². The van der Waals surface area contributed by atoms with Gasteiger partial charge in [-0.05, 0) is 24.1 Å². The van der Waals surface area contributed by atoms with Crippen LogP contribution in [0.25, 0.3) is 0 Å². The molecular formula is C14H17NO5. The van der Waals surface area contributed by atoms with E-state index < -0.39 is 17.9 Å². The molecule has 1 aliphatic heterocycles. The van der Waals surface area contributed by atoms with E-state index in [-0.39, 0.29) is 5.92 Å². The minimum absolute atomic E-state index is 0.200. The lowest BCUT2D eigenvalue weighted by Gasteiger charge is -2.20. The lowest BCUT2D eigenvalue weighted by Crippen LogP contribution is -2.44. The fraction of sp³-hybridized carbons (Fsp3) is 0.429. The Balaban J connectivity index is 2.15. The van der Waals surface area contributed by atoms with E-state index in [1.165, 1.54) is 0 Å². The molecule has 1 aromatic carbocycles. The van der Waals surface area contributed by atoms with Gasteiger partial charge in [0.25, 0.3) is 5.91 Å². The molecule has 0 saturated heterocycles. The molecular weight excluding hydrogens is 262 g/mol. The third kappa shape index (κ3) is 3.01. The third-order valence-electron chi connectivity index (χ3n) is 3.02. The van der Waals surface area contributed by atoms with Crippen LogP contribution in [-0.2, 0) is 4.79 Å². The molecule has 1 atom stereocenters. The molecule has 0 radical (unpaired) electrons. The Morgan fingerprint density at radius 3 is 2.45 bits per heavy atom. The van der Waals surface area contributed by atoms with Crippen molar-refractivity contribution in [3.63, 3.8) is 0 Å². The smallest absolute Gasteiger partial charge is 0.326 e. The number of ether oxygens (including phenoxy) is 2. The molecule has 0 aromatic heterocycles. The van der Waals surface area contributed by atoms with Crippen LogP contribution >= 0.6 is 0 Å². The van der Waals surface area contributed by atoms with Crippen molar-refractivity contribution in [2.75, 3.05) is 13.2 Å². The number of carboxylic acids is 1. The van der Waals surface area contributed by atoms with Crippen molar-refractivity contribution in [2.24, 2.45) is 5.92 Å². The fourth-order valence-corrected chi connectivity index (χ4v) is 1.92. The number of nitrogens with one attached hydrogen (secondary N) is 1. The van der Waals surface area contributed by atoms with Gasteiger partial charge in [0.2, 0.25) is 0 Å². The first-order chi connectivity index (χ1) is 9.49. The first-order valence-corrected chi connectivity index (χ1v) is 6.42. The van der Waals surface area contributed by atoms with Crippen molar-refractivity contribution in [1.82, 2.24) is 5.32 Å². The Morgan fingerprint density at radius 1 is 1.20 bits per heavy atom. The Hall–Kier alpha value is -2.24. The average Bonchev–Trinajstić information content (AvgIpc) is 2.43. The number of rotatable bonds is 4. The van der Waals surface area contributed by atoms with E-state index in [1.807, 2.05) is 0 Å². The van der Waals surface area contributed by atoms with Gasteiger partial charge in [0.05, 0.1) is 0 Å². The van der Waals surface area contributed by atoms with E-state index in [1.54, 1.807) is 32.0 Å². The summed E-state index contributed by atoms with van der Waals surface area (Å²) in [5.74, 6) is -0.602. The molecule has 1 unspecified atom stereocenters. The van der Waals surface area contributed by atoms with Gasteiger partial charge in [-0.15, -0.1) is 0 Å². The summed E-state index contributed by atoms with van der Waals surface area (Å²) in [6, 6.07) is 3.87. The molecule has 1 aromatic rings. The maximum Gasteiger partial charge on any atom is 0.326 e. The largest absolute Gasteiger partial charge is 0.486 e. The summed E-state index contributed by atoms with van der Waals surface area (Å²) >= 11 is 0. The summed E-state index contributed by atoms with van der Waals surface area (Å²) in [6.07, 6.45) is 0. The summed E-state index contributed by atoms with van der Waals surface area (Å²) in [7, 11) is 0. The molecule has 1 heterocycles. The van der Waals surface area contributed by atoms with Gasteiger partial charge >= 0.3 is 5.97 Å². The molecule has 6 nitrogen and oxygen atoms in total. The highest BCUT2D eigenvalue weighted by Gasteiger charge is 2.24. The van der Waals surface area contributed by atoms with E-state index in [9.17, 15) is 9.59 Å². The van der Waals surface area contributed by atoms with Crippen LogP contribution in [0.15, 0.2) is 18.2 Å². The number of hydrogen-bond donors (Lipinski definition) is 2.